The van der Waals surface area contributed by atoms with Gasteiger partial charge in [-0.05, 0) is 24.3 Å². The van der Waals surface area contributed by atoms with Crippen LogP contribution < -0.4 is 5.73 Å². The van der Waals surface area contributed by atoms with Crippen LogP contribution in [0, 0.1) is 0 Å². The van der Waals surface area contributed by atoms with Crippen LogP contribution >= 0.6 is 0 Å². The van der Waals surface area contributed by atoms with E-state index in [0.29, 0.717) is 5.82 Å². The van der Waals surface area contributed by atoms with Crippen molar-refractivity contribution in [3.63, 3.8) is 0 Å². The molecule has 3 rings (SSSR count). The molecule has 6 heteroatoms. The quantitative estimate of drug-likeness (QED) is 0.728. The van der Waals surface area contributed by atoms with Crippen LogP contribution in [0.15, 0.2) is 43.0 Å². The lowest BCUT2D eigenvalue weighted by molar-refractivity contribution is 0.589. The Morgan fingerprint density at radius 3 is 2.65 bits per heavy atom. The van der Waals surface area contributed by atoms with Crippen molar-refractivity contribution >= 4 is 5.69 Å². The predicted octanol–water partition coefficient (Wildman–Crippen LogP) is 1.50. The van der Waals surface area contributed by atoms with E-state index >= 15 is 0 Å². The fraction of sp³-hybridized carbons (Fsp3) is 0.214. The van der Waals surface area contributed by atoms with Crippen LogP contribution in [-0.2, 0) is 20.0 Å². The zero-order valence-corrected chi connectivity index (χ0v) is 11.3. The minimum Gasteiger partial charge on any atom is -0.399 e. The van der Waals surface area contributed by atoms with Crippen molar-refractivity contribution in [3.8, 4) is 11.4 Å². The Morgan fingerprint density at radius 1 is 1.15 bits per heavy atom. The van der Waals surface area contributed by atoms with Gasteiger partial charge in [0, 0.05) is 43.7 Å². The summed E-state index contributed by atoms with van der Waals surface area (Å²) in [6.45, 7) is 0.757. The van der Waals surface area contributed by atoms with Crippen molar-refractivity contribution in [2.75, 3.05) is 5.73 Å². The summed E-state index contributed by atoms with van der Waals surface area (Å²) in [6, 6.07) is 7.55. The average Bonchev–Trinajstić information content (AvgIpc) is 3.06. The number of imidazole rings is 1. The molecule has 0 spiro atoms. The second-order valence-electron chi connectivity index (χ2n) is 4.66. The molecule has 2 heterocycles. The second kappa shape index (κ2) is 5.16. The Balaban J connectivity index is 1.71. The van der Waals surface area contributed by atoms with Gasteiger partial charge in [-0.3, -0.25) is 4.68 Å². The first-order chi connectivity index (χ1) is 9.72. The van der Waals surface area contributed by atoms with E-state index in [4.69, 9.17) is 5.73 Å². The van der Waals surface area contributed by atoms with E-state index in [0.717, 1.165) is 30.0 Å². The van der Waals surface area contributed by atoms with E-state index in [1.807, 2.05) is 46.8 Å². The molecular formula is C14H16N6. The number of aromatic nitrogens is 5. The highest BCUT2D eigenvalue weighted by atomic mass is 15.3. The number of nitrogen functional groups attached to an aromatic ring is 1. The summed E-state index contributed by atoms with van der Waals surface area (Å²) in [5.74, 6) is 1.75. The van der Waals surface area contributed by atoms with E-state index in [9.17, 15) is 0 Å². The molecule has 0 atom stereocenters. The number of anilines is 1. The third kappa shape index (κ3) is 2.54. The summed E-state index contributed by atoms with van der Waals surface area (Å²) in [5.41, 5.74) is 7.38. The molecular weight excluding hydrogens is 252 g/mol. The molecule has 0 amide bonds. The monoisotopic (exact) mass is 268 g/mol. The molecule has 0 unspecified atom stereocenters. The smallest absolute Gasteiger partial charge is 0.181 e. The van der Waals surface area contributed by atoms with Gasteiger partial charge < -0.3 is 10.3 Å². The highest BCUT2D eigenvalue weighted by molar-refractivity contribution is 5.57. The standard InChI is InChI=1S/C14H16N6/c1-19-9-7-16-13(19)6-8-20-10-17-14(18-20)11-2-4-12(15)5-3-11/h2-5,7,9-10H,6,8,15H2,1H3. The van der Waals surface area contributed by atoms with E-state index in [2.05, 4.69) is 15.1 Å². The van der Waals surface area contributed by atoms with Gasteiger partial charge in [-0.15, -0.1) is 0 Å². The average molecular weight is 268 g/mol. The number of nitrogens with zero attached hydrogens (tertiary/aromatic N) is 5. The molecule has 0 radical (unpaired) electrons. The van der Waals surface area contributed by atoms with E-state index < -0.39 is 0 Å². The molecule has 20 heavy (non-hydrogen) atoms. The Bertz CT molecular complexity index is 695. The summed E-state index contributed by atoms with van der Waals surface area (Å²) in [7, 11) is 1.99. The lowest BCUT2D eigenvalue weighted by Crippen LogP contribution is -2.06. The fourth-order valence-corrected chi connectivity index (χ4v) is 2.02. The Kier molecular flexibility index (Phi) is 3.20. The Morgan fingerprint density at radius 2 is 1.95 bits per heavy atom. The SMILES string of the molecule is Cn1ccnc1CCn1cnc(-c2ccc(N)cc2)n1. The van der Waals surface area contributed by atoms with Gasteiger partial charge in [-0.1, -0.05) is 0 Å². The lowest BCUT2D eigenvalue weighted by Gasteiger charge is -2.01. The molecule has 3 aromatic rings. The largest absolute Gasteiger partial charge is 0.399 e. The molecule has 6 nitrogen and oxygen atoms in total. The van der Waals surface area contributed by atoms with Crippen LogP contribution in [0.1, 0.15) is 5.82 Å². The Hall–Kier alpha value is -2.63. The van der Waals surface area contributed by atoms with Crippen LogP contribution in [-0.4, -0.2) is 24.3 Å². The number of benzene rings is 1. The molecule has 0 bridgehead atoms. The van der Waals surface area contributed by atoms with Crippen LogP contribution in [0.5, 0.6) is 0 Å². The predicted molar refractivity (Wildman–Crippen MR) is 76.8 cm³/mol. The normalized spacial score (nSPS) is 10.8. The third-order valence-corrected chi connectivity index (χ3v) is 3.19. The van der Waals surface area contributed by atoms with Crippen molar-refractivity contribution in [3.05, 3.63) is 48.8 Å². The number of rotatable bonds is 4. The van der Waals surface area contributed by atoms with Gasteiger partial charge in [-0.25, -0.2) is 9.97 Å². The first-order valence-electron chi connectivity index (χ1n) is 6.44. The first kappa shape index (κ1) is 12.4. The minimum absolute atomic E-state index is 0.713. The highest BCUT2D eigenvalue weighted by Gasteiger charge is 2.05. The summed E-state index contributed by atoms with van der Waals surface area (Å²) in [6.07, 6.45) is 6.32. The van der Waals surface area contributed by atoms with Crippen molar-refractivity contribution < 1.29 is 0 Å². The van der Waals surface area contributed by atoms with Crippen molar-refractivity contribution in [1.82, 2.24) is 24.3 Å². The van der Waals surface area contributed by atoms with E-state index in [1.165, 1.54) is 0 Å². The molecule has 0 aliphatic rings. The molecule has 0 fully saturated rings. The zero-order chi connectivity index (χ0) is 13.9. The van der Waals surface area contributed by atoms with Crippen LogP contribution in [0.25, 0.3) is 11.4 Å². The maximum absolute atomic E-state index is 5.67. The Labute approximate surface area is 116 Å². The zero-order valence-electron chi connectivity index (χ0n) is 11.3. The van der Waals surface area contributed by atoms with Gasteiger partial charge in [0.1, 0.15) is 12.2 Å². The molecule has 0 saturated carbocycles. The number of nitrogens with two attached hydrogens (primary N) is 1. The van der Waals surface area contributed by atoms with Gasteiger partial charge in [0.05, 0.1) is 0 Å². The number of hydrogen-bond donors (Lipinski definition) is 1. The van der Waals surface area contributed by atoms with Crippen molar-refractivity contribution in [1.29, 1.82) is 0 Å². The van der Waals surface area contributed by atoms with Crippen molar-refractivity contribution in [2.45, 2.75) is 13.0 Å². The van der Waals surface area contributed by atoms with Crippen LogP contribution in [0.4, 0.5) is 5.69 Å². The van der Waals surface area contributed by atoms with E-state index in [-0.39, 0.29) is 0 Å². The van der Waals surface area contributed by atoms with Gasteiger partial charge in [0.2, 0.25) is 0 Å². The van der Waals surface area contributed by atoms with Gasteiger partial charge in [0.15, 0.2) is 5.82 Å². The summed E-state index contributed by atoms with van der Waals surface area (Å²) in [5, 5.41) is 4.47. The maximum Gasteiger partial charge on any atom is 0.181 e. The molecule has 102 valence electrons. The summed E-state index contributed by atoms with van der Waals surface area (Å²) < 4.78 is 3.85. The highest BCUT2D eigenvalue weighted by Crippen LogP contribution is 2.15. The maximum atomic E-state index is 5.67. The van der Waals surface area contributed by atoms with Gasteiger partial charge in [0.25, 0.3) is 0 Å². The summed E-state index contributed by atoms with van der Waals surface area (Å²) in [4.78, 5) is 8.62. The first-order valence-corrected chi connectivity index (χ1v) is 6.44. The molecule has 1 aromatic carbocycles. The molecule has 0 aliphatic heterocycles. The second-order valence-corrected chi connectivity index (χ2v) is 4.66. The number of hydrogen-bond acceptors (Lipinski definition) is 4. The molecule has 2 aromatic heterocycles. The third-order valence-electron chi connectivity index (χ3n) is 3.19. The topological polar surface area (TPSA) is 74.5 Å². The van der Waals surface area contributed by atoms with Gasteiger partial charge in [-0.2, -0.15) is 5.10 Å². The summed E-state index contributed by atoms with van der Waals surface area (Å²) >= 11 is 0. The van der Waals surface area contributed by atoms with Crippen LogP contribution in [0.3, 0.4) is 0 Å². The molecule has 2 N–H and O–H groups in total. The van der Waals surface area contributed by atoms with Crippen LogP contribution in [0.2, 0.25) is 0 Å². The van der Waals surface area contributed by atoms with Crippen molar-refractivity contribution in [2.24, 2.45) is 7.05 Å². The molecule has 0 saturated heterocycles. The van der Waals surface area contributed by atoms with Gasteiger partial charge >= 0.3 is 0 Å². The number of aryl methyl sites for hydroxylation is 3. The fourth-order valence-electron chi connectivity index (χ4n) is 2.02. The van der Waals surface area contributed by atoms with E-state index in [1.54, 1.807) is 12.5 Å². The lowest BCUT2D eigenvalue weighted by atomic mass is 10.2. The minimum atomic E-state index is 0.713. The molecule has 0 aliphatic carbocycles.